The van der Waals surface area contributed by atoms with Crippen molar-refractivity contribution in [3.63, 3.8) is 0 Å². The van der Waals surface area contributed by atoms with Gasteiger partial charge in [-0.05, 0) is 73.8 Å². The molecule has 1 aromatic carbocycles. The van der Waals surface area contributed by atoms with Gasteiger partial charge in [-0.3, -0.25) is 28.8 Å². The summed E-state index contributed by atoms with van der Waals surface area (Å²) in [6, 6.07) is 4.66. The number of pyridine rings is 1. The number of aromatic amines is 1. The predicted molar refractivity (Wildman–Crippen MR) is 168 cm³/mol. The maximum absolute atomic E-state index is 14.2. The fourth-order valence-electron chi connectivity index (χ4n) is 6.93. The Morgan fingerprint density at radius 2 is 1.87 bits per heavy atom. The molecule has 2 bridgehead atoms. The van der Waals surface area contributed by atoms with Crippen LogP contribution in [0.2, 0.25) is 0 Å². The van der Waals surface area contributed by atoms with Gasteiger partial charge in [0.1, 0.15) is 24.0 Å². The summed E-state index contributed by atoms with van der Waals surface area (Å²) >= 11 is 0. The largest absolute Gasteiger partial charge is 0.353 e. The van der Waals surface area contributed by atoms with E-state index < -0.39 is 53.2 Å². The van der Waals surface area contributed by atoms with Crippen LogP contribution in [0.25, 0.3) is 10.9 Å². The summed E-state index contributed by atoms with van der Waals surface area (Å²) in [5, 5.41) is 10.0. The van der Waals surface area contributed by atoms with Gasteiger partial charge in [-0.1, -0.05) is 19.8 Å². The molecular formula is C33H38F2N6O6. The third kappa shape index (κ3) is 7.58. The van der Waals surface area contributed by atoms with Crippen LogP contribution in [0.1, 0.15) is 62.4 Å². The molecule has 2 aliphatic carbocycles. The van der Waals surface area contributed by atoms with Crippen molar-refractivity contribution < 1.29 is 32.8 Å². The molecule has 4 unspecified atom stereocenters. The Labute approximate surface area is 269 Å². The third-order valence-electron chi connectivity index (χ3n) is 9.27. The van der Waals surface area contributed by atoms with Crippen molar-refractivity contribution in [1.82, 2.24) is 25.5 Å². The van der Waals surface area contributed by atoms with Crippen LogP contribution >= 0.6 is 0 Å². The molecule has 5 N–H and O–H groups in total. The van der Waals surface area contributed by atoms with Crippen LogP contribution in [0.15, 0.2) is 41.3 Å². The molecule has 250 valence electrons. The second-order valence-corrected chi connectivity index (χ2v) is 12.5. The van der Waals surface area contributed by atoms with Crippen LogP contribution in [-0.2, 0) is 25.7 Å². The molecule has 12 nitrogen and oxygen atoms in total. The highest BCUT2D eigenvalue weighted by Gasteiger charge is 2.38. The number of H-pyrrole nitrogens is 1. The number of fused-ring (bicyclic) bond motifs is 3. The number of aromatic nitrogens is 2. The number of amides is 4. The second-order valence-electron chi connectivity index (χ2n) is 12.5. The van der Waals surface area contributed by atoms with E-state index in [4.69, 9.17) is 0 Å². The van der Waals surface area contributed by atoms with E-state index in [2.05, 4.69) is 33.2 Å². The molecule has 14 heteroatoms. The third-order valence-corrected chi connectivity index (χ3v) is 9.27. The first-order valence-corrected chi connectivity index (χ1v) is 15.8. The summed E-state index contributed by atoms with van der Waals surface area (Å²) in [5.41, 5.74) is -0.889. The molecule has 2 aromatic heterocycles. The molecule has 2 fully saturated rings. The minimum atomic E-state index is -1.42. The number of nitrogens with zero attached hydrogens (tertiary/aromatic N) is 1. The van der Waals surface area contributed by atoms with Gasteiger partial charge in [0.25, 0.3) is 17.4 Å². The summed E-state index contributed by atoms with van der Waals surface area (Å²) in [6.07, 6.45) is 6.28. The van der Waals surface area contributed by atoms with Gasteiger partial charge in [0.2, 0.25) is 17.6 Å². The highest BCUT2D eigenvalue weighted by Crippen LogP contribution is 2.42. The van der Waals surface area contributed by atoms with E-state index in [1.807, 2.05) is 0 Å². The average Bonchev–Trinajstić information content (AvgIpc) is 3.50. The molecule has 0 saturated heterocycles. The zero-order valence-electron chi connectivity index (χ0n) is 26.2. The zero-order chi connectivity index (χ0) is 33.8. The van der Waals surface area contributed by atoms with E-state index in [1.165, 1.54) is 42.4 Å². The normalized spacial score (nSPS) is 21.0. The van der Waals surface area contributed by atoms with E-state index in [0.717, 1.165) is 37.8 Å². The fourth-order valence-corrected chi connectivity index (χ4v) is 6.93. The summed E-state index contributed by atoms with van der Waals surface area (Å²) < 4.78 is 29.1. The highest BCUT2D eigenvalue weighted by molar-refractivity contribution is 6.36. The zero-order valence-corrected chi connectivity index (χ0v) is 26.2. The molecule has 3 aromatic rings. The lowest BCUT2D eigenvalue weighted by molar-refractivity contribution is -0.137. The quantitative estimate of drug-likeness (QED) is 0.200. The van der Waals surface area contributed by atoms with Gasteiger partial charge >= 0.3 is 0 Å². The minimum Gasteiger partial charge on any atom is -0.353 e. The number of benzene rings is 1. The van der Waals surface area contributed by atoms with E-state index >= 15 is 0 Å². The highest BCUT2D eigenvalue weighted by atomic mass is 19.2. The number of hydrogen-bond donors (Lipinski definition) is 5. The number of carbonyl (C=O) groups is 5. The van der Waals surface area contributed by atoms with Gasteiger partial charge in [-0.2, -0.15) is 0 Å². The first-order chi connectivity index (χ1) is 22.4. The lowest BCUT2D eigenvalue weighted by Gasteiger charge is -2.44. The smallest absolute Gasteiger partial charge is 0.287 e. The number of Topliss-reactive ketones (excluding diaryl/α,β-unsaturated/α-hetero) is 1. The molecule has 2 aliphatic rings. The Balaban J connectivity index is 1.29. The van der Waals surface area contributed by atoms with Gasteiger partial charge < -0.3 is 30.8 Å². The number of anilines is 1. The molecule has 2 saturated carbocycles. The van der Waals surface area contributed by atoms with Crippen LogP contribution in [0.4, 0.5) is 14.5 Å². The lowest BCUT2D eigenvalue weighted by Crippen LogP contribution is -2.50. The Kier molecular flexibility index (Phi) is 10.2. The number of hydrogen-bond acceptors (Lipinski definition) is 6. The van der Waals surface area contributed by atoms with Crippen LogP contribution < -0.4 is 26.8 Å². The number of ketones is 1. The summed E-state index contributed by atoms with van der Waals surface area (Å²) in [6.45, 7) is 1.88. The standard InChI is InChI=1S/C33H38F2N6O6/c1-17-13-18-5-3-6-19(14-18)29(17)40-27(43)16-41-12-4-7-24(33(41)47)39-30(44)23(10-11-26(42)32(46)36-2)38-31(45)25-15-20-22(37-25)9-8-21(34)28(20)35/h4,7-9,12,15,17-19,23,29,37H,3,5-6,10-11,13-14,16H2,1-2H3,(H,36,46)(H,38,45)(H,39,44)(H,40,43)/t17?,18?,19?,23-,29?/m0/s1. The maximum Gasteiger partial charge on any atom is 0.287 e. The maximum atomic E-state index is 14.2. The van der Waals surface area contributed by atoms with Crippen molar-refractivity contribution in [1.29, 1.82) is 0 Å². The number of likely N-dealkylation sites (N-methyl/N-ethyl adjacent to an activating group) is 1. The minimum absolute atomic E-state index is 0.0345. The fraction of sp³-hybridized carbons (Fsp3) is 0.455. The van der Waals surface area contributed by atoms with Crippen LogP contribution in [0, 0.1) is 29.4 Å². The molecule has 5 atom stereocenters. The summed E-state index contributed by atoms with van der Waals surface area (Å²) in [5.74, 6) is -4.62. The van der Waals surface area contributed by atoms with Crippen LogP contribution in [-0.4, -0.2) is 58.1 Å². The Morgan fingerprint density at radius 1 is 1.09 bits per heavy atom. The van der Waals surface area contributed by atoms with E-state index in [0.29, 0.717) is 17.8 Å². The lowest BCUT2D eigenvalue weighted by atomic mass is 9.65. The first kappa shape index (κ1) is 33.5. The van der Waals surface area contributed by atoms with Crippen molar-refractivity contribution in [3.8, 4) is 0 Å². The van der Waals surface area contributed by atoms with Crippen LogP contribution in [0.3, 0.4) is 0 Å². The molecule has 4 amide bonds. The second kappa shape index (κ2) is 14.3. The van der Waals surface area contributed by atoms with E-state index in [9.17, 15) is 37.5 Å². The predicted octanol–water partition coefficient (Wildman–Crippen LogP) is 2.77. The number of carbonyl (C=O) groups excluding carboxylic acids is 5. The van der Waals surface area contributed by atoms with Gasteiger partial charge in [0, 0.05) is 36.6 Å². The summed E-state index contributed by atoms with van der Waals surface area (Å²) in [4.78, 5) is 79.4. The SMILES string of the molecule is CNC(=O)C(=O)CC[C@H](NC(=O)c1cc2c(F)c(F)ccc2[nH]1)C(=O)Nc1cccn(CC(=O)NC2C(C)CC3CCCC2C3)c1=O. The molecule has 0 radical (unpaired) electrons. The molecule has 5 rings (SSSR count). The van der Waals surface area contributed by atoms with Gasteiger partial charge in [-0.15, -0.1) is 0 Å². The van der Waals surface area contributed by atoms with Crippen molar-refractivity contribution in [3.05, 3.63) is 64.2 Å². The van der Waals surface area contributed by atoms with Crippen LogP contribution in [0.5, 0.6) is 0 Å². The van der Waals surface area contributed by atoms with Crippen molar-refractivity contribution in [2.75, 3.05) is 12.4 Å². The van der Waals surface area contributed by atoms with Crippen molar-refractivity contribution >= 4 is 46.0 Å². The molecule has 0 aliphatic heterocycles. The first-order valence-electron chi connectivity index (χ1n) is 15.8. The number of halogens is 2. The molecule has 0 spiro atoms. The Morgan fingerprint density at radius 3 is 2.64 bits per heavy atom. The number of nitrogens with one attached hydrogen (secondary N) is 5. The van der Waals surface area contributed by atoms with Gasteiger partial charge in [0.15, 0.2) is 11.6 Å². The van der Waals surface area contributed by atoms with E-state index in [1.54, 1.807) is 0 Å². The Bertz CT molecular complexity index is 1770. The average molecular weight is 653 g/mol. The number of rotatable bonds is 11. The summed E-state index contributed by atoms with van der Waals surface area (Å²) in [7, 11) is 1.27. The van der Waals surface area contributed by atoms with E-state index in [-0.39, 0.29) is 47.2 Å². The topological polar surface area (TPSA) is 171 Å². The molecule has 47 heavy (non-hydrogen) atoms. The molecular weight excluding hydrogens is 614 g/mol. The monoisotopic (exact) mass is 652 g/mol. The molecule has 2 heterocycles. The Hall–Kier alpha value is -4.88. The van der Waals surface area contributed by atoms with Gasteiger partial charge in [0.05, 0.1) is 0 Å². The van der Waals surface area contributed by atoms with Gasteiger partial charge in [-0.25, -0.2) is 8.78 Å². The van der Waals surface area contributed by atoms with Crippen molar-refractivity contribution in [2.24, 2.45) is 17.8 Å². The van der Waals surface area contributed by atoms with Crippen molar-refractivity contribution in [2.45, 2.75) is 70.5 Å².